The second kappa shape index (κ2) is 13.2. The Balaban J connectivity index is 1.27. The smallest absolute Gasteiger partial charge is 0.429 e. The number of amides is 4. The van der Waals surface area contributed by atoms with E-state index in [0.29, 0.717) is 38.8 Å². The van der Waals surface area contributed by atoms with Gasteiger partial charge >= 0.3 is 6.16 Å². The highest BCUT2D eigenvalue weighted by molar-refractivity contribution is 6.02. The number of ether oxygens (including phenoxy) is 2. The van der Waals surface area contributed by atoms with Crippen molar-refractivity contribution in [1.82, 2.24) is 0 Å². The number of hydrogen-bond acceptors (Lipinski definition) is 11. The van der Waals surface area contributed by atoms with Crippen LogP contribution in [0.4, 0.5) is 38.9 Å². The van der Waals surface area contributed by atoms with Crippen LogP contribution in [0.1, 0.15) is 62.5 Å². The van der Waals surface area contributed by atoms with Gasteiger partial charge in [0.1, 0.15) is 24.6 Å². The van der Waals surface area contributed by atoms with Gasteiger partial charge in [-0.05, 0) is 37.8 Å². The molecule has 48 heavy (non-hydrogen) atoms. The standard InChI is InChI=1S/C31H32N6O11/c38-27-5-1-9-32(27)21-15-25(36(43)44)23(34-11-3-7-29(34)40)13-19(21)17-47-31(42)48-18-20-14-24(35-12-4-8-30(35)41)26(37(45)46)16-22(20)33-10-2-6-28(33)39/h13-16H,1-12,17-18H2. The van der Waals surface area contributed by atoms with Crippen LogP contribution in [0.5, 0.6) is 0 Å². The van der Waals surface area contributed by atoms with Gasteiger partial charge in [0.2, 0.25) is 23.6 Å². The Labute approximate surface area is 273 Å². The van der Waals surface area contributed by atoms with E-state index >= 15 is 0 Å². The van der Waals surface area contributed by atoms with E-state index in [0.717, 1.165) is 0 Å². The van der Waals surface area contributed by atoms with Crippen molar-refractivity contribution in [3.63, 3.8) is 0 Å². The summed E-state index contributed by atoms with van der Waals surface area (Å²) in [5, 5.41) is 24.1. The van der Waals surface area contributed by atoms with E-state index in [1.165, 1.54) is 43.9 Å². The summed E-state index contributed by atoms with van der Waals surface area (Å²) in [7, 11) is 0. The molecule has 4 fully saturated rings. The molecule has 0 saturated carbocycles. The Morgan fingerprint density at radius 1 is 0.562 bits per heavy atom. The molecule has 0 atom stereocenters. The van der Waals surface area contributed by atoms with E-state index < -0.39 is 29.2 Å². The number of carbonyl (C=O) groups is 5. The molecular formula is C31H32N6O11. The molecule has 17 nitrogen and oxygen atoms in total. The molecule has 0 radical (unpaired) electrons. The SMILES string of the molecule is O=C(OCc1cc(N2CCCC2=O)c([N+](=O)[O-])cc1N1CCCC1=O)OCc1cc(N2CCCC2=O)c([N+](=O)[O-])cc1N1CCCC1=O. The van der Waals surface area contributed by atoms with E-state index in [4.69, 9.17) is 9.47 Å². The summed E-state index contributed by atoms with van der Waals surface area (Å²) in [5.74, 6) is -1.10. The molecule has 4 aliphatic heterocycles. The summed E-state index contributed by atoms with van der Waals surface area (Å²) < 4.78 is 10.8. The van der Waals surface area contributed by atoms with Gasteiger partial charge in [-0.15, -0.1) is 0 Å². The Hall–Kier alpha value is -5.61. The van der Waals surface area contributed by atoms with Crippen LogP contribution in [0.15, 0.2) is 24.3 Å². The van der Waals surface area contributed by atoms with Crippen molar-refractivity contribution in [2.45, 2.75) is 64.6 Å². The molecule has 252 valence electrons. The maximum Gasteiger partial charge on any atom is 0.508 e. The fourth-order valence-corrected chi connectivity index (χ4v) is 6.60. The van der Waals surface area contributed by atoms with Gasteiger partial charge < -0.3 is 29.1 Å². The van der Waals surface area contributed by atoms with Crippen LogP contribution >= 0.6 is 0 Å². The predicted octanol–water partition coefficient (Wildman–Crippen LogP) is 3.86. The summed E-state index contributed by atoms with van der Waals surface area (Å²) in [4.78, 5) is 91.5. The quantitative estimate of drug-likeness (QED) is 0.203. The van der Waals surface area contributed by atoms with Crippen LogP contribution in [0.25, 0.3) is 0 Å². The zero-order valence-corrected chi connectivity index (χ0v) is 25.9. The lowest BCUT2D eigenvalue weighted by atomic mass is 10.1. The molecule has 17 heteroatoms. The highest BCUT2D eigenvalue weighted by atomic mass is 16.7. The Kier molecular flexibility index (Phi) is 8.92. The maximum absolute atomic E-state index is 13.0. The summed E-state index contributed by atoms with van der Waals surface area (Å²) in [5.41, 5.74) is 0.183. The number of nitro groups is 2. The average molecular weight is 665 g/mol. The van der Waals surface area contributed by atoms with Crippen molar-refractivity contribution < 1.29 is 43.3 Å². The maximum atomic E-state index is 13.0. The molecule has 2 aromatic carbocycles. The van der Waals surface area contributed by atoms with Crippen molar-refractivity contribution in [2.24, 2.45) is 0 Å². The first-order chi connectivity index (χ1) is 23.0. The van der Waals surface area contributed by atoms with Gasteiger partial charge in [-0.25, -0.2) is 4.79 Å². The zero-order valence-electron chi connectivity index (χ0n) is 25.9. The number of rotatable bonds is 10. The lowest BCUT2D eigenvalue weighted by Crippen LogP contribution is -2.28. The minimum absolute atomic E-state index is 0.0275. The third-order valence-corrected chi connectivity index (χ3v) is 8.89. The summed E-state index contributed by atoms with van der Waals surface area (Å²) in [6.07, 6.45) is 1.86. The van der Waals surface area contributed by atoms with Crippen molar-refractivity contribution in [2.75, 3.05) is 45.8 Å². The second-order valence-corrected chi connectivity index (χ2v) is 11.9. The van der Waals surface area contributed by atoms with Gasteiger partial charge in [0.05, 0.1) is 21.2 Å². The highest BCUT2D eigenvalue weighted by Crippen LogP contribution is 2.41. The van der Waals surface area contributed by atoms with E-state index in [9.17, 15) is 44.2 Å². The van der Waals surface area contributed by atoms with Crippen molar-refractivity contribution in [3.05, 3.63) is 55.6 Å². The molecule has 4 heterocycles. The molecule has 0 aromatic heterocycles. The topological polar surface area (TPSA) is 203 Å². The normalized spacial score (nSPS) is 18.0. The first-order valence-electron chi connectivity index (χ1n) is 15.7. The molecule has 0 bridgehead atoms. The minimum atomic E-state index is -1.17. The van der Waals surface area contributed by atoms with E-state index in [1.807, 2.05) is 0 Å². The molecule has 0 unspecified atom stereocenters. The molecule has 4 aliphatic rings. The Morgan fingerprint density at radius 3 is 1.15 bits per heavy atom. The Bertz CT molecular complexity index is 1620. The van der Waals surface area contributed by atoms with Crippen LogP contribution in [-0.4, -0.2) is 65.8 Å². The molecular weight excluding hydrogens is 632 g/mol. The molecule has 0 N–H and O–H groups in total. The summed E-state index contributed by atoms with van der Waals surface area (Å²) >= 11 is 0. The van der Waals surface area contributed by atoms with Gasteiger partial charge in [-0.3, -0.25) is 39.4 Å². The molecule has 4 saturated heterocycles. The predicted molar refractivity (Wildman–Crippen MR) is 168 cm³/mol. The van der Waals surface area contributed by atoms with Crippen LogP contribution in [0, 0.1) is 20.2 Å². The molecule has 0 aliphatic carbocycles. The van der Waals surface area contributed by atoms with Gasteiger partial charge in [-0.1, -0.05) is 0 Å². The average Bonchev–Trinajstić information content (AvgIpc) is 3.87. The van der Waals surface area contributed by atoms with Crippen molar-refractivity contribution in [1.29, 1.82) is 0 Å². The third-order valence-electron chi connectivity index (χ3n) is 8.89. The zero-order chi connectivity index (χ0) is 34.1. The lowest BCUT2D eigenvalue weighted by molar-refractivity contribution is -0.384. The summed E-state index contributed by atoms with van der Waals surface area (Å²) in [6.45, 7) is 0.218. The monoisotopic (exact) mass is 664 g/mol. The third kappa shape index (κ3) is 6.22. The number of hydrogen-bond donors (Lipinski definition) is 0. The van der Waals surface area contributed by atoms with Crippen molar-refractivity contribution in [3.8, 4) is 0 Å². The molecule has 6 rings (SSSR count). The second-order valence-electron chi connectivity index (χ2n) is 11.9. The van der Waals surface area contributed by atoms with Crippen LogP contribution < -0.4 is 19.6 Å². The minimum Gasteiger partial charge on any atom is -0.429 e. The van der Waals surface area contributed by atoms with Crippen LogP contribution in [0.2, 0.25) is 0 Å². The van der Waals surface area contributed by atoms with Gasteiger partial charge in [-0.2, -0.15) is 0 Å². The van der Waals surface area contributed by atoms with Crippen molar-refractivity contribution >= 4 is 63.9 Å². The first kappa shape index (κ1) is 32.3. The number of nitrogens with zero attached hydrogens (tertiary/aromatic N) is 6. The van der Waals surface area contributed by atoms with Gasteiger partial charge in [0.15, 0.2) is 0 Å². The fourth-order valence-electron chi connectivity index (χ4n) is 6.60. The highest BCUT2D eigenvalue weighted by Gasteiger charge is 2.35. The van der Waals surface area contributed by atoms with Crippen LogP contribution in [-0.2, 0) is 41.9 Å². The summed E-state index contributed by atoms with van der Waals surface area (Å²) in [6, 6.07) is 5.18. The number of benzene rings is 2. The molecule has 2 aromatic rings. The largest absolute Gasteiger partial charge is 0.508 e. The number of anilines is 4. The number of nitro benzene ring substituents is 2. The van der Waals surface area contributed by atoms with Crippen LogP contribution in [0.3, 0.4) is 0 Å². The van der Waals surface area contributed by atoms with Gasteiger partial charge in [0.25, 0.3) is 11.4 Å². The van der Waals surface area contributed by atoms with Gasteiger partial charge in [0, 0.05) is 75.1 Å². The Morgan fingerprint density at radius 2 is 0.875 bits per heavy atom. The van der Waals surface area contributed by atoms with E-state index in [-0.39, 0.29) is 108 Å². The lowest BCUT2D eigenvalue weighted by Gasteiger charge is -2.24. The van der Waals surface area contributed by atoms with E-state index in [1.54, 1.807) is 0 Å². The molecule has 4 amide bonds. The number of carbonyl (C=O) groups excluding carboxylic acids is 5. The fraction of sp³-hybridized carbons (Fsp3) is 0.452. The van der Waals surface area contributed by atoms with E-state index in [2.05, 4.69) is 0 Å². The first-order valence-corrected chi connectivity index (χ1v) is 15.7. The molecule has 0 spiro atoms.